The van der Waals surface area contributed by atoms with Crippen molar-refractivity contribution in [3.63, 3.8) is 0 Å². The van der Waals surface area contributed by atoms with E-state index in [2.05, 4.69) is 15.9 Å². The molecule has 0 saturated carbocycles. The second-order valence-electron chi connectivity index (χ2n) is 3.14. The van der Waals surface area contributed by atoms with E-state index in [-0.39, 0.29) is 6.73 Å². The van der Waals surface area contributed by atoms with Crippen molar-refractivity contribution in [2.24, 2.45) is 0 Å². The van der Waals surface area contributed by atoms with E-state index < -0.39 is 11.7 Å². The molecule has 1 amide bonds. The fraction of sp³-hybridized carbons (Fsp3) is 0.200. The second-order valence-corrected chi connectivity index (χ2v) is 4.06. The minimum atomic E-state index is -0.537. The smallest absolute Gasteiger partial charge is 0.301 e. The van der Waals surface area contributed by atoms with Gasteiger partial charge in [-0.2, -0.15) is 0 Å². The molecule has 0 aliphatic carbocycles. The van der Waals surface area contributed by atoms with Crippen LogP contribution in [0.5, 0.6) is 0 Å². The van der Waals surface area contributed by atoms with Gasteiger partial charge in [-0.05, 0) is 18.2 Å². The lowest BCUT2D eigenvalue weighted by Gasteiger charge is -2.14. The highest BCUT2D eigenvalue weighted by molar-refractivity contribution is 9.10. The maximum atomic E-state index is 11.6. The molecule has 4 nitrogen and oxygen atoms in total. The summed E-state index contributed by atoms with van der Waals surface area (Å²) in [6.45, 7) is 0.0964. The van der Waals surface area contributed by atoms with Crippen LogP contribution in [0.4, 0.5) is 5.69 Å². The van der Waals surface area contributed by atoms with Crippen molar-refractivity contribution in [1.82, 2.24) is 0 Å². The summed E-state index contributed by atoms with van der Waals surface area (Å²) in [4.78, 5) is 24.4. The number of rotatable bonds is 2. The number of carbonyl (C=O) groups is 2. The molecule has 0 spiro atoms. The zero-order chi connectivity index (χ0) is 11.0. The van der Waals surface area contributed by atoms with Crippen LogP contribution in [0.3, 0.4) is 0 Å². The van der Waals surface area contributed by atoms with Crippen LogP contribution in [-0.2, 0) is 9.53 Å². The molecule has 0 saturated heterocycles. The molecular formula is C10H8BrNO3. The molecule has 0 radical (unpaired) electrons. The number of Topliss-reactive ketones (excluding diaryl/α,β-unsaturated/α-hetero) is 1. The normalized spacial score (nSPS) is 14.7. The van der Waals surface area contributed by atoms with Crippen LogP contribution in [0.25, 0.3) is 0 Å². The van der Waals surface area contributed by atoms with E-state index in [9.17, 15) is 9.59 Å². The van der Waals surface area contributed by atoms with Gasteiger partial charge in [-0.25, -0.2) is 0 Å². The third kappa shape index (κ3) is 1.57. The number of hydrogen-bond donors (Lipinski definition) is 0. The summed E-state index contributed by atoms with van der Waals surface area (Å²) in [6.07, 6.45) is 0. The molecular weight excluding hydrogens is 262 g/mol. The van der Waals surface area contributed by atoms with Crippen molar-refractivity contribution in [3.8, 4) is 0 Å². The molecule has 78 valence electrons. The Morgan fingerprint density at radius 2 is 2.13 bits per heavy atom. The molecule has 0 N–H and O–H groups in total. The molecule has 1 aromatic rings. The number of ether oxygens (including phenoxy) is 1. The minimum Gasteiger partial charge on any atom is -0.364 e. The van der Waals surface area contributed by atoms with Crippen LogP contribution in [0, 0.1) is 0 Å². The van der Waals surface area contributed by atoms with E-state index in [4.69, 9.17) is 4.74 Å². The first-order valence-corrected chi connectivity index (χ1v) is 5.09. The van der Waals surface area contributed by atoms with Crippen molar-refractivity contribution in [3.05, 3.63) is 28.2 Å². The molecule has 1 aliphatic heterocycles. The maximum Gasteiger partial charge on any atom is 0.301 e. The molecule has 0 atom stereocenters. The number of nitrogens with zero attached hydrogens (tertiary/aromatic N) is 1. The average molecular weight is 270 g/mol. The second kappa shape index (κ2) is 3.75. The fourth-order valence-corrected chi connectivity index (χ4v) is 1.89. The molecule has 0 fully saturated rings. The molecule has 0 bridgehead atoms. The standard InChI is InChI=1S/C10H8BrNO3/c1-15-5-12-8-3-2-6(11)4-7(8)9(13)10(12)14/h2-4H,5H2,1H3. The first kappa shape index (κ1) is 10.3. The monoisotopic (exact) mass is 269 g/mol. The molecule has 0 aromatic heterocycles. The molecule has 1 aromatic carbocycles. The van der Waals surface area contributed by atoms with E-state index in [1.54, 1.807) is 18.2 Å². The Labute approximate surface area is 94.9 Å². The van der Waals surface area contributed by atoms with Crippen LogP contribution >= 0.6 is 15.9 Å². The molecule has 2 rings (SSSR count). The van der Waals surface area contributed by atoms with E-state index in [0.717, 1.165) is 4.47 Å². The van der Waals surface area contributed by atoms with Crippen molar-refractivity contribution in [1.29, 1.82) is 0 Å². The largest absolute Gasteiger partial charge is 0.364 e. The highest BCUT2D eigenvalue weighted by Gasteiger charge is 2.35. The summed E-state index contributed by atoms with van der Waals surface area (Å²) in [6, 6.07) is 5.15. The minimum absolute atomic E-state index is 0.0964. The Morgan fingerprint density at radius 1 is 1.40 bits per heavy atom. The number of methoxy groups -OCH3 is 1. The van der Waals surface area contributed by atoms with Gasteiger partial charge in [0.1, 0.15) is 6.73 Å². The van der Waals surface area contributed by atoms with Crippen LogP contribution < -0.4 is 4.90 Å². The van der Waals surface area contributed by atoms with E-state index >= 15 is 0 Å². The van der Waals surface area contributed by atoms with E-state index in [1.807, 2.05) is 0 Å². The Bertz CT molecular complexity index is 444. The van der Waals surface area contributed by atoms with Gasteiger partial charge in [0.2, 0.25) is 0 Å². The number of benzene rings is 1. The van der Waals surface area contributed by atoms with Crippen LogP contribution in [-0.4, -0.2) is 25.5 Å². The molecule has 1 aliphatic rings. The number of carbonyl (C=O) groups excluding carboxylic acids is 2. The van der Waals surface area contributed by atoms with Crippen LogP contribution in [0.15, 0.2) is 22.7 Å². The SMILES string of the molecule is COCN1C(=O)C(=O)c2cc(Br)ccc21. The van der Waals surface area contributed by atoms with Gasteiger partial charge in [-0.15, -0.1) is 0 Å². The lowest BCUT2D eigenvalue weighted by atomic mass is 10.1. The van der Waals surface area contributed by atoms with Crippen LogP contribution in [0.1, 0.15) is 10.4 Å². The summed E-state index contributed by atoms with van der Waals surface area (Å²) in [5.41, 5.74) is 1.03. The van der Waals surface area contributed by atoms with Gasteiger partial charge < -0.3 is 4.74 Å². The molecule has 0 unspecified atom stereocenters. The predicted molar refractivity (Wildman–Crippen MR) is 57.8 cm³/mol. The molecule has 5 heteroatoms. The highest BCUT2D eigenvalue weighted by Crippen LogP contribution is 2.30. The Hall–Kier alpha value is -1.20. The Kier molecular flexibility index (Phi) is 2.58. The summed E-state index contributed by atoms with van der Waals surface area (Å²) in [5, 5.41) is 0. The van der Waals surface area contributed by atoms with Gasteiger partial charge in [-0.1, -0.05) is 15.9 Å². The summed E-state index contributed by atoms with van der Waals surface area (Å²) in [5.74, 6) is -1.02. The quantitative estimate of drug-likeness (QED) is 0.766. The number of ketones is 1. The Morgan fingerprint density at radius 3 is 2.80 bits per heavy atom. The average Bonchev–Trinajstić information content (AvgIpc) is 2.44. The third-order valence-electron chi connectivity index (χ3n) is 2.19. The first-order chi connectivity index (χ1) is 7.15. The lowest BCUT2D eigenvalue weighted by molar-refractivity contribution is -0.115. The molecule has 15 heavy (non-hydrogen) atoms. The van der Waals surface area contributed by atoms with Crippen molar-refractivity contribution in [2.75, 3.05) is 18.7 Å². The van der Waals surface area contributed by atoms with Gasteiger partial charge in [0.15, 0.2) is 0 Å². The fourth-order valence-electron chi connectivity index (χ4n) is 1.53. The van der Waals surface area contributed by atoms with Gasteiger partial charge in [0, 0.05) is 11.6 Å². The van der Waals surface area contributed by atoms with Gasteiger partial charge in [0.05, 0.1) is 11.3 Å². The van der Waals surface area contributed by atoms with Gasteiger partial charge >= 0.3 is 5.91 Å². The third-order valence-corrected chi connectivity index (χ3v) is 2.68. The number of anilines is 1. The van der Waals surface area contributed by atoms with Crippen molar-refractivity contribution < 1.29 is 14.3 Å². The van der Waals surface area contributed by atoms with E-state index in [1.165, 1.54) is 12.0 Å². The number of hydrogen-bond acceptors (Lipinski definition) is 3. The summed E-state index contributed by atoms with van der Waals surface area (Å²) >= 11 is 3.26. The summed E-state index contributed by atoms with van der Waals surface area (Å²) < 4.78 is 5.65. The number of fused-ring (bicyclic) bond motifs is 1. The maximum absolute atomic E-state index is 11.6. The zero-order valence-electron chi connectivity index (χ0n) is 7.99. The topological polar surface area (TPSA) is 46.6 Å². The Balaban J connectivity index is 2.50. The number of amides is 1. The van der Waals surface area contributed by atoms with Gasteiger partial charge in [0.25, 0.3) is 5.78 Å². The van der Waals surface area contributed by atoms with E-state index in [0.29, 0.717) is 11.3 Å². The highest BCUT2D eigenvalue weighted by atomic mass is 79.9. The number of halogens is 1. The predicted octanol–water partition coefficient (Wildman–Crippen LogP) is 1.58. The first-order valence-electron chi connectivity index (χ1n) is 4.30. The zero-order valence-corrected chi connectivity index (χ0v) is 9.58. The lowest BCUT2D eigenvalue weighted by Crippen LogP contribution is -2.31. The molecule has 1 heterocycles. The van der Waals surface area contributed by atoms with Crippen LogP contribution in [0.2, 0.25) is 0 Å². The van der Waals surface area contributed by atoms with Crippen molar-refractivity contribution in [2.45, 2.75) is 0 Å². The van der Waals surface area contributed by atoms with Crippen molar-refractivity contribution >= 4 is 33.3 Å². The summed E-state index contributed by atoms with van der Waals surface area (Å²) in [7, 11) is 1.48. The van der Waals surface area contributed by atoms with Gasteiger partial charge in [-0.3, -0.25) is 14.5 Å².